The highest BCUT2D eigenvalue weighted by Gasteiger charge is 2.43. The van der Waals surface area contributed by atoms with Crippen LogP contribution in [-0.4, -0.2) is 132 Å². The van der Waals surface area contributed by atoms with Crippen molar-refractivity contribution in [3.63, 3.8) is 0 Å². The molecule has 500 valence electrons. The third-order valence-electron chi connectivity index (χ3n) is 16.4. The molecule has 35 heteroatoms. The Morgan fingerprint density at radius 1 is 0.449 bits per heavy atom. The van der Waals surface area contributed by atoms with Crippen molar-refractivity contribution in [2.75, 3.05) is 52.1 Å². The Bertz CT molecular complexity index is 4570. The molecule has 98 heavy (non-hydrogen) atoms. The summed E-state index contributed by atoms with van der Waals surface area (Å²) in [6.07, 6.45) is 12.1. The number of amides is 6. The molecule has 0 atom stereocenters. The fourth-order valence-corrected chi connectivity index (χ4v) is 12.4. The number of aromatic nitrogens is 9. The zero-order valence-corrected chi connectivity index (χ0v) is 53.9. The summed E-state index contributed by atoms with van der Waals surface area (Å²) < 4.78 is 81.4. The molecule has 0 radical (unpaired) electrons. The average molecular weight is 1410 g/mol. The van der Waals surface area contributed by atoms with Crippen LogP contribution in [0.3, 0.4) is 0 Å². The van der Waals surface area contributed by atoms with Crippen molar-refractivity contribution in [1.82, 2.24) is 58.5 Å². The fourth-order valence-electron chi connectivity index (χ4n) is 10.9. The molecule has 9 aromatic rings. The number of hydrogen-bond acceptors (Lipinski definition) is 22. The number of imide groups is 3. The van der Waals surface area contributed by atoms with Crippen LogP contribution in [0.4, 0.5) is 65.1 Å². The van der Waals surface area contributed by atoms with Crippen molar-refractivity contribution in [3.05, 3.63) is 157 Å². The molecule has 9 heterocycles. The molecule has 15 rings (SSSR count). The number of nitrogens with zero attached hydrogens (tertiary/aromatic N) is 12. The lowest BCUT2D eigenvalue weighted by Gasteiger charge is -2.24. The highest BCUT2D eigenvalue weighted by atomic mass is 35.5. The SMILES string of the molecule is O=C1C/C(=C\c2cnn3c(NC4CC4)cc(Nc4cc(Cl)ccc4F)nc23)C(=O)N1COP(=O)(OCN1C(=O)C/C(=C\c2cnn3c(NC4CC4)cc(Nc4cc(Cl)ccc4F)nc23)C1=O)OCN1C(=O)C/C(=C\c2cnn3c(NC4CC4)cc(Nc4cc(Cl)ccc4F)nc23)C1=O. The van der Waals surface area contributed by atoms with Crippen LogP contribution < -0.4 is 31.9 Å². The largest absolute Gasteiger partial charge is 0.480 e. The highest BCUT2D eigenvalue weighted by molar-refractivity contribution is 7.48. The topological polar surface area (TPSA) is 320 Å². The Labute approximate surface area is 566 Å². The summed E-state index contributed by atoms with van der Waals surface area (Å²) in [6.45, 7) is -3.39. The van der Waals surface area contributed by atoms with Crippen molar-refractivity contribution >= 4 is 165 Å². The number of nitrogens with one attached hydrogen (secondary N) is 6. The van der Waals surface area contributed by atoms with Gasteiger partial charge in [-0.3, -0.25) is 57.0 Å². The number of fused-ring (bicyclic) bond motifs is 3. The van der Waals surface area contributed by atoms with Crippen molar-refractivity contribution < 1.29 is 60.1 Å². The van der Waals surface area contributed by atoms with Gasteiger partial charge < -0.3 is 31.9 Å². The first kappa shape index (κ1) is 63.8. The van der Waals surface area contributed by atoms with Crippen LogP contribution >= 0.6 is 42.6 Å². The van der Waals surface area contributed by atoms with Crippen LogP contribution in [0.15, 0.2) is 108 Å². The van der Waals surface area contributed by atoms with Gasteiger partial charge in [0.1, 0.15) is 72.6 Å². The van der Waals surface area contributed by atoms with Crippen LogP contribution in [0.2, 0.25) is 15.1 Å². The van der Waals surface area contributed by atoms with Gasteiger partial charge in [-0.25, -0.2) is 32.7 Å². The van der Waals surface area contributed by atoms with E-state index in [1.54, 1.807) is 18.2 Å². The van der Waals surface area contributed by atoms with Gasteiger partial charge in [0, 0.05) is 84.8 Å². The minimum atomic E-state index is -5.34. The third-order valence-corrected chi connectivity index (χ3v) is 18.4. The second kappa shape index (κ2) is 25.6. The second-order valence-corrected chi connectivity index (χ2v) is 26.7. The van der Waals surface area contributed by atoms with Crippen molar-refractivity contribution in [2.24, 2.45) is 0 Å². The summed E-state index contributed by atoms with van der Waals surface area (Å²) in [4.78, 5) is 100.0. The number of likely N-dealkylation sites (tertiary alicyclic amines) is 3. The first-order valence-corrected chi connectivity index (χ1v) is 33.1. The average Bonchev–Trinajstić information content (AvgIpc) is 1.63. The zero-order chi connectivity index (χ0) is 67.8. The quantitative estimate of drug-likeness (QED) is 0.0186. The number of anilines is 9. The van der Waals surface area contributed by atoms with Crippen molar-refractivity contribution in [3.8, 4) is 0 Å². The molecule has 3 saturated heterocycles. The lowest BCUT2D eigenvalue weighted by molar-refractivity contribution is -0.141. The number of halogens is 6. The molecule has 6 amide bonds. The van der Waals surface area contributed by atoms with E-state index in [1.807, 2.05) is 0 Å². The lowest BCUT2D eigenvalue weighted by atomic mass is 10.1. The molecule has 6 aliphatic rings. The number of rotatable bonds is 24. The van der Waals surface area contributed by atoms with E-state index >= 15 is 4.57 Å². The molecule has 6 fully saturated rings. The van der Waals surface area contributed by atoms with Gasteiger partial charge in [0.15, 0.2) is 16.9 Å². The number of carbonyl (C=O) groups excluding carboxylic acids is 6. The van der Waals surface area contributed by atoms with E-state index < -0.39 is 100 Å². The Morgan fingerprint density at radius 3 is 1.01 bits per heavy atom. The minimum Gasteiger partial charge on any atom is -0.367 e. The Morgan fingerprint density at radius 2 is 0.735 bits per heavy atom. The molecular weight excluding hydrogens is 1360 g/mol. The van der Waals surface area contributed by atoms with Gasteiger partial charge in [-0.05, 0) is 111 Å². The van der Waals surface area contributed by atoms with E-state index in [4.69, 9.17) is 48.4 Å². The first-order chi connectivity index (χ1) is 47.2. The predicted octanol–water partition coefficient (Wildman–Crippen LogP) is 11.0. The summed E-state index contributed by atoms with van der Waals surface area (Å²) >= 11 is 18.5. The molecule has 3 aliphatic heterocycles. The maximum atomic E-state index is 15.1. The summed E-state index contributed by atoms with van der Waals surface area (Å²) in [5.41, 5.74) is 1.18. The zero-order valence-electron chi connectivity index (χ0n) is 50.8. The summed E-state index contributed by atoms with van der Waals surface area (Å²) in [6, 6.07) is 17.1. The van der Waals surface area contributed by atoms with Crippen molar-refractivity contribution in [2.45, 2.75) is 75.9 Å². The van der Waals surface area contributed by atoms with Crippen LogP contribution in [0.25, 0.3) is 35.2 Å². The van der Waals surface area contributed by atoms with E-state index in [1.165, 1.54) is 105 Å². The Hall–Kier alpha value is -10.3. The molecule has 0 spiro atoms. The summed E-state index contributed by atoms with van der Waals surface area (Å²) in [5.74, 6) is -5.15. The normalized spacial score (nSPS) is 18.0. The maximum absolute atomic E-state index is 15.1. The molecule has 6 N–H and O–H groups in total. The van der Waals surface area contributed by atoms with Gasteiger partial charge >= 0.3 is 7.82 Å². The number of carbonyl (C=O) groups is 6. The third kappa shape index (κ3) is 13.3. The van der Waals surface area contributed by atoms with Crippen LogP contribution in [-0.2, 0) is 46.9 Å². The summed E-state index contributed by atoms with van der Waals surface area (Å²) in [7, 11) is -5.34. The van der Waals surface area contributed by atoms with Gasteiger partial charge in [-0.1, -0.05) is 34.8 Å². The van der Waals surface area contributed by atoms with Gasteiger partial charge in [0.25, 0.3) is 17.7 Å². The Kier molecular flexibility index (Phi) is 16.7. The summed E-state index contributed by atoms with van der Waals surface area (Å²) in [5, 5.41) is 33.1. The van der Waals surface area contributed by atoms with Crippen LogP contribution in [0, 0.1) is 17.5 Å². The molecule has 28 nitrogen and oxygen atoms in total. The lowest BCUT2D eigenvalue weighted by Crippen LogP contribution is -2.35. The minimum absolute atomic E-state index is 0.0315. The second-order valence-electron chi connectivity index (χ2n) is 23.7. The van der Waals surface area contributed by atoms with Gasteiger partial charge in [0.05, 0.1) is 54.9 Å². The molecule has 6 aromatic heterocycles. The monoisotopic (exact) mass is 1410 g/mol. The van der Waals surface area contributed by atoms with Crippen LogP contribution in [0.5, 0.6) is 0 Å². The van der Waals surface area contributed by atoms with E-state index in [2.05, 4.69) is 62.1 Å². The van der Waals surface area contributed by atoms with E-state index in [0.29, 0.717) is 32.2 Å². The number of hydrogen-bond donors (Lipinski definition) is 6. The molecule has 0 bridgehead atoms. The number of phosphoric ester groups is 1. The standard InChI is InChI=1S/C63H51Cl3F3N18O10P/c64-37-1-10-43(67)46(19-37)76-49-22-52(73-40-4-5-40)85-58(79-49)34(25-70-85)13-31-16-55(88)82(61(31)91)28-95-98(94,96-29-83-56(89)17-32(62(83)92)14-35-26-71-86-53(74-41-6-7-41)23-50(80-59(35)86)77-47-20-38(65)2-11-44(47)68)97-30-84-57(90)18-33(63(84)93)15-36-27-72-87-54(75-42-8-9-42)24-51(81-60(36)87)78-48-21-39(66)3-12-45(48)69/h1-3,10-15,19-27,40-42,73-75H,4-9,16-18,28-30H2,(H,76,79)(H,77,80)(H,78,81)/b31-13+,32-14+,33-15+. The molecule has 0 unspecified atom stereocenters. The van der Waals surface area contributed by atoms with E-state index in [0.717, 1.165) is 38.5 Å². The van der Waals surface area contributed by atoms with Crippen molar-refractivity contribution in [1.29, 1.82) is 0 Å². The maximum Gasteiger partial charge on any atom is 0.480 e. The smallest absolute Gasteiger partial charge is 0.367 e. The fraction of sp³-hybridized carbons (Fsp3) is 0.238. The predicted molar refractivity (Wildman–Crippen MR) is 352 cm³/mol. The molecular formula is C63H51Cl3F3N18O10P. The number of benzene rings is 3. The van der Waals surface area contributed by atoms with Gasteiger partial charge in [-0.15, -0.1) is 0 Å². The molecule has 3 saturated carbocycles. The van der Waals surface area contributed by atoms with Gasteiger partial charge in [0.2, 0.25) is 17.7 Å². The highest BCUT2D eigenvalue weighted by Crippen LogP contribution is 2.51. The Balaban J connectivity index is 0.696. The first-order valence-electron chi connectivity index (χ1n) is 30.5. The van der Waals surface area contributed by atoms with Crippen LogP contribution in [0.1, 0.15) is 74.5 Å². The van der Waals surface area contributed by atoms with E-state index in [9.17, 15) is 41.9 Å². The molecule has 3 aliphatic carbocycles. The molecule has 3 aromatic carbocycles. The van der Waals surface area contributed by atoms with E-state index in [-0.39, 0.29) is 118 Å². The number of phosphoric acid groups is 1. The van der Waals surface area contributed by atoms with Gasteiger partial charge in [-0.2, -0.15) is 28.8 Å².